The molecule has 1 aliphatic heterocycles. The molecule has 6 heteroatoms. The third kappa shape index (κ3) is 3.92. The van der Waals surface area contributed by atoms with Gasteiger partial charge in [-0.15, -0.1) is 0 Å². The lowest BCUT2D eigenvalue weighted by molar-refractivity contribution is -0.121. The molecule has 1 saturated heterocycles. The van der Waals surface area contributed by atoms with Crippen LogP contribution in [-0.2, 0) is 14.6 Å². The summed E-state index contributed by atoms with van der Waals surface area (Å²) in [5.74, 6) is -0.214. The molecular formula is C13H26N2O3S. The number of hydrogen-bond donors (Lipinski definition) is 2. The summed E-state index contributed by atoms with van der Waals surface area (Å²) < 4.78 is 23.7. The van der Waals surface area contributed by atoms with Gasteiger partial charge in [-0.2, -0.15) is 0 Å². The first-order chi connectivity index (χ1) is 8.90. The Morgan fingerprint density at radius 2 is 1.95 bits per heavy atom. The highest BCUT2D eigenvalue weighted by atomic mass is 32.2. The maximum atomic E-state index is 12.1. The van der Waals surface area contributed by atoms with Crippen LogP contribution in [0.4, 0.5) is 0 Å². The van der Waals surface area contributed by atoms with Crippen LogP contribution in [0.15, 0.2) is 0 Å². The Bertz CT molecular complexity index is 394. The van der Waals surface area contributed by atoms with Gasteiger partial charge in [0.2, 0.25) is 5.91 Å². The Morgan fingerprint density at radius 1 is 1.32 bits per heavy atom. The van der Waals surface area contributed by atoms with Crippen molar-refractivity contribution in [1.29, 1.82) is 0 Å². The molecule has 0 spiro atoms. The Balaban J connectivity index is 2.64. The third-order valence-corrected chi connectivity index (χ3v) is 6.62. The molecule has 0 saturated carbocycles. The first kappa shape index (κ1) is 16.4. The van der Waals surface area contributed by atoms with Gasteiger partial charge in [-0.25, -0.2) is 8.42 Å². The Labute approximate surface area is 116 Å². The van der Waals surface area contributed by atoms with Gasteiger partial charge in [0.05, 0.1) is 5.75 Å². The lowest BCUT2D eigenvalue weighted by Gasteiger charge is -2.31. The van der Waals surface area contributed by atoms with E-state index in [0.29, 0.717) is 25.9 Å². The van der Waals surface area contributed by atoms with Crippen molar-refractivity contribution < 1.29 is 13.2 Å². The smallest absolute Gasteiger partial charge is 0.238 e. The van der Waals surface area contributed by atoms with Crippen molar-refractivity contribution in [1.82, 2.24) is 5.32 Å². The molecule has 1 heterocycles. The molecule has 1 fully saturated rings. The van der Waals surface area contributed by atoms with E-state index in [-0.39, 0.29) is 17.1 Å². The van der Waals surface area contributed by atoms with Gasteiger partial charge in [0.25, 0.3) is 0 Å². The molecule has 1 atom stereocenters. The fraction of sp³-hybridized carbons (Fsp3) is 0.923. The van der Waals surface area contributed by atoms with Crippen LogP contribution >= 0.6 is 0 Å². The van der Waals surface area contributed by atoms with Gasteiger partial charge in [0, 0.05) is 6.54 Å². The molecule has 1 amide bonds. The van der Waals surface area contributed by atoms with Gasteiger partial charge >= 0.3 is 0 Å². The van der Waals surface area contributed by atoms with Crippen LogP contribution in [0.3, 0.4) is 0 Å². The maximum absolute atomic E-state index is 12.1. The monoisotopic (exact) mass is 290 g/mol. The fourth-order valence-corrected chi connectivity index (χ4v) is 4.32. The predicted octanol–water partition coefficient (Wildman–Crippen LogP) is 0.835. The summed E-state index contributed by atoms with van der Waals surface area (Å²) >= 11 is 0. The van der Waals surface area contributed by atoms with E-state index in [1.807, 2.05) is 13.8 Å². The Hall–Kier alpha value is -0.620. The second-order valence-electron chi connectivity index (χ2n) is 5.48. The lowest BCUT2D eigenvalue weighted by Crippen LogP contribution is -2.48. The molecule has 112 valence electrons. The molecule has 0 aromatic carbocycles. The summed E-state index contributed by atoms with van der Waals surface area (Å²) in [6, 6.07) is 0. The topological polar surface area (TPSA) is 89.3 Å². The van der Waals surface area contributed by atoms with Crippen LogP contribution < -0.4 is 11.1 Å². The van der Waals surface area contributed by atoms with Crippen LogP contribution in [0.1, 0.15) is 46.0 Å². The first-order valence-electron chi connectivity index (χ1n) is 7.10. The average molecular weight is 290 g/mol. The summed E-state index contributed by atoms with van der Waals surface area (Å²) in [5.41, 5.74) is 5.66. The SMILES string of the molecule is CCC(CC)(CN)CNC(=O)C1CCCCS1(=O)=O. The molecular weight excluding hydrogens is 264 g/mol. The molecule has 19 heavy (non-hydrogen) atoms. The Morgan fingerprint density at radius 3 is 2.42 bits per heavy atom. The molecule has 1 rings (SSSR count). The van der Waals surface area contributed by atoms with E-state index in [4.69, 9.17) is 5.73 Å². The standard InChI is InChI=1S/C13H26N2O3S/c1-3-13(4-2,9-14)10-15-12(16)11-7-5-6-8-19(11,17)18/h11H,3-10,14H2,1-2H3,(H,15,16). The minimum absolute atomic E-state index is 0.117. The second kappa shape index (κ2) is 6.70. The lowest BCUT2D eigenvalue weighted by atomic mass is 9.82. The number of carbonyl (C=O) groups is 1. The van der Waals surface area contributed by atoms with Crippen molar-refractivity contribution in [2.45, 2.75) is 51.2 Å². The molecule has 1 unspecified atom stereocenters. The quantitative estimate of drug-likeness (QED) is 0.758. The summed E-state index contributed by atoms with van der Waals surface area (Å²) in [6.07, 6.45) is 3.67. The van der Waals surface area contributed by atoms with Crippen LogP contribution in [0, 0.1) is 5.41 Å². The number of nitrogens with one attached hydrogen (secondary N) is 1. The van der Waals surface area contributed by atoms with Crippen molar-refractivity contribution in [2.24, 2.45) is 11.1 Å². The minimum atomic E-state index is -3.25. The van der Waals surface area contributed by atoms with Crippen molar-refractivity contribution in [3.05, 3.63) is 0 Å². The fourth-order valence-electron chi connectivity index (χ4n) is 2.50. The number of nitrogens with two attached hydrogens (primary N) is 1. The van der Waals surface area contributed by atoms with Crippen molar-refractivity contribution in [3.63, 3.8) is 0 Å². The second-order valence-corrected chi connectivity index (χ2v) is 7.78. The van der Waals surface area contributed by atoms with Gasteiger partial charge < -0.3 is 11.1 Å². The molecule has 3 N–H and O–H groups in total. The number of sulfone groups is 1. The van der Waals surface area contributed by atoms with Crippen LogP contribution in [0.5, 0.6) is 0 Å². The van der Waals surface area contributed by atoms with E-state index >= 15 is 0 Å². The normalized spacial score (nSPS) is 23.0. The van der Waals surface area contributed by atoms with Gasteiger partial charge in [-0.05, 0) is 37.6 Å². The van der Waals surface area contributed by atoms with Gasteiger partial charge in [-0.1, -0.05) is 20.3 Å². The molecule has 0 radical (unpaired) electrons. The summed E-state index contributed by atoms with van der Waals surface area (Å²) in [5, 5.41) is 1.95. The number of carbonyl (C=O) groups excluding carboxylic acids is 1. The van der Waals surface area contributed by atoms with Crippen LogP contribution in [-0.4, -0.2) is 38.4 Å². The van der Waals surface area contributed by atoms with Crippen LogP contribution in [0.2, 0.25) is 0 Å². The van der Waals surface area contributed by atoms with Crippen molar-refractivity contribution in [2.75, 3.05) is 18.8 Å². The highest BCUT2D eigenvalue weighted by Crippen LogP contribution is 2.24. The zero-order valence-corrected chi connectivity index (χ0v) is 12.8. The third-order valence-electron chi connectivity index (χ3n) is 4.44. The van der Waals surface area contributed by atoms with E-state index in [1.165, 1.54) is 0 Å². The van der Waals surface area contributed by atoms with E-state index < -0.39 is 15.1 Å². The van der Waals surface area contributed by atoms with Crippen LogP contribution in [0.25, 0.3) is 0 Å². The molecule has 5 nitrogen and oxygen atoms in total. The average Bonchev–Trinajstić information content (AvgIpc) is 2.40. The van der Waals surface area contributed by atoms with E-state index in [2.05, 4.69) is 5.32 Å². The van der Waals surface area contributed by atoms with E-state index in [9.17, 15) is 13.2 Å². The van der Waals surface area contributed by atoms with E-state index in [1.54, 1.807) is 0 Å². The molecule has 0 aromatic heterocycles. The largest absolute Gasteiger partial charge is 0.354 e. The Kier molecular flexibility index (Phi) is 5.80. The predicted molar refractivity (Wildman–Crippen MR) is 76.5 cm³/mol. The molecule has 0 aromatic rings. The number of rotatable bonds is 6. The minimum Gasteiger partial charge on any atom is -0.354 e. The van der Waals surface area contributed by atoms with E-state index in [0.717, 1.165) is 19.3 Å². The summed E-state index contributed by atoms with van der Waals surface area (Å²) in [4.78, 5) is 12.1. The van der Waals surface area contributed by atoms with Crippen molar-refractivity contribution in [3.8, 4) is 0 Å². The number of amides is 1. The maximum Gasteiger partial charge on any atom is 0.238 e. The first-order valence-corrected chi connectivity index (χ1v) is 8.81. The highest BCUT2D eigenvalue weighted by molar-refractivity contribution is 7.92. The van der Waals surface area contributed by atoms with Gasteiger partial charge in [-0.3, -0.25) is 4.79 Å². The summed E-state index contributed by atoms with van der Waals surface area (Å²) in [7, 11) is -3.25. The van der Waals surface area contributed by atoms with Crippen molar-refractivity contribution >= 4 is 15.7 Å². The molecule has 1 aliphatic rings. The molecule has 0 aliphatic carbocycles. The van der Waals surface area contributed by atoms with Gasteiger partial charge in [0.15, 0.2) is 9.84 Å². The zero-order valence-electron chi connectivity index (χ0n) is 11.9. The van der Waals surface area contributed by atoms with Gasteiger partial charge in [0.1, 0.15) is 5.25 Å². The zero-order chi connectivity index (χ0) is 14.5. The summed E-state index contributed by atoms with van der Waals surface area (Å²) in [6.45, 7) is 5.04. The molecule has 0 bridgehead atoms. The highest BCUT2D eigenvalue weighted by Gasteiger charge is 2.35. The number of hydrogen-bond acceptors (Lipinski definition) is 4.